The largest absolute Gasteiger partial charge is 0.324 e. The van der Waals surface area contributed by atoms with Gasteiger partial charge in [0, 0.05) is 10.5 Å². The van der Waals surface area contributed by atoms with Gasteiger partial charge in [0.2, 0.25) is 0 Å². The highest BCUT2D eigenvalue weighted by molar-refractivity contribution is 9.10. The topological polar surface area (TPSA) is 26.0 Å². The smallest absolute Gasteiger partial charge is 0.124 e. The minimum absolute atomic E-state index is 0.0139. The van der Waals surface area contributed by atoms with E-state index < -0.39 is 0 Å². The van der Waals surface area contributed by atoms with E-state index in [4.69, 9.17) is 5.73 Å². The Kier molecular flexibility index (Phi) is 3.23. The molecule has 66 valence electrons. The standard InChI is InChI=1S/C9H11BrFN/c1-2-9(12)7-4-3-6(11)5-8(7)10/h3-5,9H,2,12H2,1H3. The van der Waals surface area contributed by atoms with E-state index >= 15 is 0 Å². The Hall–Kier alpha value is -0.410. The van der Waals surface area contributed by atoms with E-state index in [1.807, 2.05) is 6.92 Å². The quantitative estimate of drug-likeness (QED) is 0.833. The van der Waals surface area contributed by atoms with Crippen LogP contribution >= 0.6 is 15.9 Å². The molecule has 12 heavy (non-hydrogen) atoms. The molecule has 0 fully saturated rings. The summed E-state index contributed by atoms with van der Waals surface area (Å²) in [6.07, 6.45) is 0.851. The minimum Gasteiger partial charge on any atom is -0.324 e. The lowest BCUT2D eigenvalue weighted by Gasteiger charge is -2.10. The summed E-state index contributed by atoms with van der Waals surface area (Å²) < 4.78 is 13.4. The molecule has 0 saturated heterocycles. The molecule has 1 aromatic carbocycles. The van der Waals surface area contributed by atoms with Crippen LogP contribution in [0.15, 0.2) is 22.7 Å². The first-order valence-electron chi connectivity index (χ1n) is 3.85. The Balaban J connectivity index is 3.01. The van der Waals surface area contributed by atoms with Crippen molar-refractivity contribution in [2.24, 2.45) is 5.73 Å². The van der Waals surface area contributed by atoms with Crippen molar-refractivity contribution in [3.05, 3.63) is 34.1 Å². The zero-order valence-electron chi connectivity index (χ0n) is 6.85. The predicted octanol–water partition coefficient (Wildman–Crippen LogP) is 3.00. The average molecular weight is 232 g/mol. The summed E-state index contributed by atoms with van der Waals surface area (Å²) in [5.74, 6) is -0.242. The van der Waals surface area contributed by atoms with Crippen molar-refractivity contribution in [2.75, 3.05) is 0 Å². The fourth-order valence-electron chi connectivity index (χ4n) is 1.02. The van der Waals surface area contributed by atoms with E-state index in [2.05, 4.69) is 15.9 Å². The minimum atomic E-state index is -0.242. The second kappa shape index (κ2) is 4.01. The van der Waals surface area contributed by atoms with E-state index in [9.17, 15) is 4.39 Å². The number of hydrogen-bond acceptors (Lipinski definition) is 1. The van der Waals surface area contributed by atoms with Gasteiger partial charge in [-0.2, -0.15) is 0 Å². The molecule has 1 aromatic rings. The summed E-state index contributed by atoms with van der Waals surface area (Å²) in [5.41, 5.74) is 6.75. The summed E-state index contributed by atoms with van der Waals surface area (Å²) in [5, 5.41) is 0. The van der Waals surface area contributed by atoms with E-state index in [0.717, 1.165) is 16.5 Å². The van der Waals surface area contributed by atoms with Crippen LogP contribution in [0.5, 0.6) is 0 Å². The number of nitrogens with two attached hydrogens (primary N) is 1. The van der Waals surface area contributed by atoms with Gasteiger partial charge in [-0.25, -0.2) is 4.39 Å². The molecule has 2 N–H and O–H groups in total. The molecule has 0 bridgehead atoms. The van der Waals surface area contributed by atoms with Crippen LogP contribution in [0.1, 0.15) is 24.9 Å². The van der Waals surface area contributed by atoms with Crippen LogP contribution in [-0.2, 0) is 0 Å². The van der Waals surface area contributed by atoms with Crippen molar-refractivity contribution in [3.8, 4) is 0 Å². The number of halogens is 2. The van der Waals surface area contributed by atoms with Gasteiger partial charge in [-0.1, -0.05) is 28.9 Å². The lowest BCUT2D eigenvalue weighted by atomic mass is 10.1. The summed E-state index contributed by atoms with van der Waals surface area (Å²) >= 11 is 3.27. The maximum Gasteiger partial charge on any atom is 0.124 e. The number of rotatable bonds is 2. The molecule has 1 nitrogen and oxygen atoms in total. The summed E-state index contributed by atoms with van der Waals surface area (Å²) in [7, 11) is 0. The predicted molar refractivity (Wildman–Crippen MR) is 51.3 cm³/mol. The second-order valence-electron chi connectivity index (χ2n) is 2.68. The third-order valence-corrected chi connectivity index (χ3v) is 2.49. The molecule has 0 heterocycles. The van der Waals surface area contributed by atoms with Gasteiger partial charge >= 0.3 is 0 Å². The lowest BCUT2D eigenvalue weighted by Crippen LogP contribution is -2.09. The molecule has 3 heteroatoms. The van der Waals surface area contributed by atoms with Gasteiger partial charge in [0.1, 0.15) is 5.82 Å². The highest BCUT2D eigenvalue weighted by Gasteiger charge is 2.07. The Morgan fingerprint density at radius 3 is 2.75 bits per heavy atom. The first-order chi connectivity index (χ1) is 5.65. The van der Waals surface area contributed by atoms with Crippen LogP contribution in [-0.4, -0.2) is 0 Å². The van der Waals surface area contributed by atoms with Gasteiger partial charge < -0.3 is 5.73 Å². The maximum atomic E-state index is 12.6. The first kappa shape index (κ1) is 9.68. The molecule has 0 aliphatic carbocycles. The Morgan fingerprint density at radius 2 is 2.25 bits per heavy atom. The van der Waals surface area contributed by atoms with Crippen molar-refractivity contribution < 1.29 is 4.39 Å². The second-order valence-corrected chi connectivity index (χ2v) is 3.53. The van der Waals surface area contributed by atoms with Crippen molar-refractivity contribution in [1.82, 2.24) is 0 Å². The van der Waals surface area contributed by atoms with Gasteiger partial charge in [0.15, 0.2) is 0 Å². The molecule has 0 aromatic heterocycles. The molecule has 0 aliphatic rings. The zero-order chi connectivity index (χ0) is 9.14. The Bertz CT molecular complexity index is 275. The van der Waals surface area contributed by atoms with E-state index in [1.165, 1.54) is 12.1 Å². The van der Waals surface area contributed by atoms with E-state index in [-0.39, 0.29) is 11.9 Å². The van der Waals surface area contributed by atoms with Crippen LogP contribution < -0.4 is 5.73 Å². The fourth-order valence-corrected chi connectivity index (χ4v) is 1.67. The zero-order valence-corrected chi connectivity index (χ0v) is 8.44. The molecule has 0 amide bonds. The van der Waals surface area contributed by atoms with Gasteiger partial charge in [0.05, 0.1) is 0 Å². The summed E-state index contributed by atoms with van der Waals surface area (Å²) in [4.78, 5) is 0. The van der Waals surface area contributed by atoms with Crippen molar-refractivity contribution >= 4 is 15.9 Å². The first-order valence-corrected chi connectivity index (χ1v) is 4.65. The van der Waals surface area contributed by atoms with Gasteiger partial charge in [-0.3, -0.25) is 0 Å². The van der Waals surface area contributed by atoms with Gasteiger partial charge in [-0.15, -0.1) is 0 Å². The van der Waals surface area contributed by atoms with Crippen LogP contribution in [0.3, 0.4) is 0 Å². The number of benzene rings is 1. The maximum absolute atomic E-state index is 12.6. The van der Waals surface area contributed by atoms with E-state index in [1.54, 1.807) is 6.07 Å². The molecule has 0 radical (unpaired) electrons. The molecule has 1 unspecified atom stereocenters. The number of hydrogen-bond donors (Lipinski definition) is 1. The Morgan fingerprint density at radius 1 is 1.58 bits per heavy atom. The van der Waals surface area contributed by atoms with Crippen LogP contribution in [0.2, 0.25) is 0 Å². The van der Waals surface area contributed by atoms with Crippen LogP contribution in [0, 0.1) is 5.82 Å². The molecular weight excluding hydrogens is 221 g/mol. The SMILES string of the molecule is CCC(N)c1ccc(F)cc1Br. The van der Waals surface area contributed by atoms with Crippen LogP contribution in [0.25, 0.3) is 0 Å². The molecule has 0 saturated carbocycles. The fraction of sp³-hybridized carbons (Fsp3) is 0.333. The third-order valence-electron chi connectivity index (χ3n) is 1.80. The molecule has 1 rings (SSSR count). The van der Waals surface area contributed by atoms with Crippen molar-refractivity contribution in [1.29, 1.82) is 0 Å². The summed E-state index contributed by atoms with van der Waals surface area (Å²) in [6.45, 7) is 2.00. The normalized spacial score (nSPS) is 13.0. The summed E-state index contributed by atoms with van der Waals surface area (Å²) in [6, 6.07) is 4.56. The monoisotopic (exact) mass is 231 g/mol. The van der Waals surface area contributed by atoms with Crippen LogP contribution in [0.4, 0.5) is 4.39 Å². The van der Waals surface area contributed by atoms with Gasteiger partial charge in [0.25, 0.3) is 0 Å². The average Bonchev–Trinajstić information content (AvgIpc) is 2.03. The van der Waals surface area contributed by atoms with Crippen molar-refractivity contribution in [2.45, 2.75) is 19.4 Å². The molecule has 0 aliphatic heterocycles. The van der Waals surface area contributed by atoms with Crippen molar-refractivity contribution in [3.63, 3.8) is 0 Å². The third kappa shape index (κ3) is 2.05. The van der Waals surface area contributed by atoms with E-state index in [0.29, 0.717) is 0 Å². The molecule has 1 atom stereocenters. The molecular formula is C9H11BrFN. The lowest BCUT2D eigenvalue weighted by molar-refractivity contribution is 0.622. The highest BCUT2D eigenvalue weighted by atomic mass is 79.9. The Labute approximate surface area is 79.9 Å². The molecule has 0 spiro atoms. The highest BCUT2D eigenvalue weighted by Crippen LogP contribution is 2.24. The van der Waals surface area contributed by atoms with Gasteiger partial charge in [-0.05, 0) is 24.1 Å².